The molecule has 0 spiro atoms. The van der Waals surface area contributed by atoms with Crippen molar-refractivity contribution in [1.82, 2.24) is 9.97 Å². The average Bonchev–Trinajstić information content (AvgIpc) is 3.02. The molecule has 3 aromatic rings. The van der Waals surface area contributed by atoms with Crippen LogP contribution in [-0.2, 0) is 15.6 Å². The van der Waals surface area contributed by atoms with E-state index in [1.807, 2.05) is 19.1 Å². The van der Waals surface area contributed by atoms with Crippen LogP contribution in [0, 0.1) is 12.3 Å². The van der Waals surface area contributed by atoms with Crippen molar-refractivity contribution in [3.8, 4) is 5.75 Å². The van der Waals surface area contributed by atoms with Crippen molar-refractivity contribution in [2.75, 3.05) is 0 Å². The zero-order valence-corrected chi connectivity index (χ0v) is 21.4. The second kappa shape index (κ2) is 7.16. The molecule has 0 N–H and O–H groups in total. The van der Waals surface area contributed by atoms with E-state index in [0.29, 0.717) is 33.2 Å². The number of esters is 1. The molecule has 4 nitrogen and oxygen atoms in total. The second-order valence-corrected chi connectivity index (χ2v) is 11.4. The molecule has 2 unspecified atom stereocenters. The van der Waals surface area contributed by atoms with Crippen LogP contribution in [0.2, 0.25) is 10.0 Å². The molecule has 172 valence electrons. The van der Waals surface area contributed by atoms with Gasteiger partial charge in [0.05, 0.1) is 32.5 Å². The number of hydrogen-bond acceptors (Lipinski definition) is 4. The molecule has 2 atom stereocenters. The summed E-state index contributed by atoms with van der Waals surface area (Å²) in [5.74, 6) is 0.612. The van der Waals surface area contributed by atoms with Crippen molar-refractivity contribution in [2.24, 2.45) is 5.41 Å². The average molecular weight is 483 g/mol. The molecule has 2 aliphatic carbocycles. The van der Waals surface area contributed by atoms with Gasteiger partial charge in [-0.3, -0.25) is 4.79 Å². The zero-order chi connectivity index (χ0) is 23.9. The largest absolute Gasteiger partial charge is 0.425 e. The number of rotatable bonds is 3. The Balaban J connectivity index is 1.70. The molecule has 2 bridgehead atoms. The summed E-state index contributed by atoms with van der Waals surface area (Å²) >= 11 is 12.5. The fraction of sp³-hybridized carbons (Fsp3) is 0.444. The Morgan fingerprint density at radius 1 is 0.970 bits per heavy atom. The Kier molecular flexibility index (Phi) is 4.91. The first kappa shape index (κ1) is 22.6. The standard InChI is InChI=1S/C27H28Cl2N2O2/c1-14(2)16-8-7-15(3)11-21(16)33-24(32)27-10-9-26(6,25(27,4)5)22-23(27)31-20-13-18(29)17(28)12-19(20)30-22/h7-8,11-14H,9-10H2,1-6H3. The summed E-state index contributed by atoms with van der Waals surface area (Å²) in [4.78, 5) is 24.1. The number of nitrogens with zero attached hydrogens (tertiary/aromatic N) is 2. The van der Waals surface area contributed by atoms with Crippen molar-refractivity contribution >= 4 is 40.2 Å². The van der Waals surface area contributed by atoms with E-state index in [-0.39, 0.29) is 17.3 Å². The molecule has 1 heterocycles. The van der Waals surface area contributed by atoms with Crippen LogP contribution in [0.1, 0.15) is 75.9 Å². The first-order valence-electron chi connectivity index (χ1n) is 11.4. The summed E-state index contributed by atoms with van der Waals surface area (Å²) in [6.45, 7) is 12.7. The van der Waals surface area contributed by atoms with Crippen molar-refractivity contribution in [2.45, 2.75) is 71.1 Å². The van der Waals surface area contributed by atoms with Gasteiger partial charge in [-0.15, -0.1) is 0 Å². The van der Waals surface area contributed by atoms with Gasteiger partial charge < -0.3 is 4.74 Å². The number of ether oxygens (including phenoxy) is 1. The zero-order valence-electron chi connectivity index (χ0n) is 19.8. The number of halogens is 2. The molecular weight excluding hydrogens is 455 g/mol. The number of benzene rings is 2. The maximum atomic E-state index is 14.1. The van der Waals surface area contributed by atoms with Crippen LogP contribution < -0.4 is 4.74 Å². The lowest BCUT2D eigenvalue weighted by atomic mass is 9.64. The van der Waals surface area contributed by atoms with E-state index < -0.39 is 10.8 Å². The van der Waals surface area contributed by atoms with Gasteiger partial charge in [0.25, 0.3) is 0 Å². The number of aromatic nitrogens is 2. The summed E-state index contributed by atoms with van der Waals surface area (Å²) in [7, 11) is 0. The van der Waals surface area contributed by atoms with Gasteiger partial charge in [0.2, 0.25) is 0 Å². The lowest BCUT2D eigenvalue weighted by Crippen LogP contribution is -2.48. The number of fused-ring (bicyclic) bond motifs is 6. The Bertz CT molecular complexity index is 1330. The molecule has 1 fully saturated rings. The van der Waals surface area contributed by atoms with E-state index in [2.05, 4.69) is 40.7 Å². The fourth-order valence-corrected chi connectivity index (χ4v) is 6.26. The van der Waals surface area contributed by atoms with E-state index in [0.717, 1.165) is 28.9 Å². The van der Waals surface area contributed by atoms with Gasteiger partial charge in [0.15, 0.2) is 0 Å². The molecule has 0 aliphatic heterocycles. The smallest absolute Gasteiger partial charge is 0.324 e. The lowest BCUT2D eigenvalue weighted by molar-refractivity contribution is -0.145. The number of carbonyl (C=O) groups is 1. The van der Waals surface area contributed by atoms with Crippen LogP contribution in [0.4, 0.5) is 0 Å². The Labute approximate surface area is 204 Å². The van der Waals surface area contributed by atoms with E-state index >= 15 is 0 Å². The minimum absolute atomic E-state index is 0.235. The summed E-state index contributed by atoms with van der Waals surface area (Å²) in [5, 5.41) is 0.866. The maximum absolute atomic E-state index is 14.1. The quantitative estimate of drug-likeness (QED) is 0.290. The van der Waals surface area contributed by atoms with Gasteiger partial charge in [-0.2, -0.15) is 0 Å². The summed E-state index contributed by atoms with van der Waals surface area (Å²) in [6.07, 6.45) is 1.52. The molecule has 0 radical (unpaired) electrons. The minimum Gasteiger partial charge on any atom is -0.425 e. The second-order valence-electron chi connectivity index (χ2n) is 10.6. The van der Waals surface area contributed by atoms with Gasteiger partial charge in [-0.1, -0.05) is 70.0 Å². The number of hydrogen-bond donors (Lipinski definition) is 0. The molecular formula is C27H28Cl2N2O2. The lowest BCUT2D eigenvalue weighted by Gasteiger charge is -2.38. The highest BCUT2D eigenvalue weighted by Crippen LogP contribution is 2.70. The maximum Gasteiger partial charge on any atom is 0.324 e. The van der Waals surface area contributed by atoms with Crippen LogP contribution in [0.15, 0.2) is 30.3 Å². The summed E-state index contributed by atoms with van der Waals surface area (Å²) in [5.41, 5.74) is 3.38. The Morgan fingerprint density at radius 2 is 1.58 bits per heavy atom. The van der Waals surface area contributed by atoms with Gasteiger partial charge in [0, 0.05) is 5.41 Å². The molecule has 2 aromatic carbocycles. The molecule has 0 amide bonds. The van der Waals surface area contributed by atoms with E-state index in [1.165, 1.54) is 0 Å². The van der Waals surface area contributed by atoms with Crippen molar-refractivity contribution < 1.29 is 9.53 Å². The summed E-state index contributed by atoms with van der Waals surface area (Å²) < 4.78 is 6.23. The minimum atomic E-state index is -0.887. The monoisotopic (exact) mass is 482 g/mol. The van der Waals surface area contributed by atoms with Crippen molar-refractivity contribution in [1.29, 1.82) is 0 Å². The SMILES string of the molecule is Cc1ccc(C(C)C)c(OC(=O)C23CCC(C)(c4nc5cc(Cl)c(Cl)cc5nc42)C3(C)C)c1. The normalized spacial score (nSPS) is 25.0. The van der Waals surface area contributed by atoms with Crippen LogP contribution in [0.5, 0.6) is 5.75 Å². The predicted molar refractivity (Wildman–Crippen MR) is 133 cm³/mol. The Hall–Kier alpha value is -2.17. The third-order valence-electron chi connectivity index (χ3n) is 8.42. The topological polar surface area (TPSA) is 52.1 Å². The highest BCUT2D eigenvalue weighted by atomic mass is 35.5. The van der Waals surface area contributed by atoms with Gasteiger partial charge in [-0.25, -0.2) is 9.97 Å². The Morgan fingerprint density at radius 3 is 2.18 bits per heavy atom. The van der Waals surface area contributed by atoms with Crippen molar-refractivity contribution in [3.05, 3.63) is 62.9 Å². The molecule has 6 heteroatoms. The fourth-order valence-electron chi connectivity index (χ4n) is 5.94. The van der Waals surface area contributed by atoms with Crippen molar-refractivity contribution in [3.63, 3.8) is 0 Å². The summed E-state index contributed by atoms with van der Waals surface area (Å²) in [6, 6.07) is 9.53. The highest BCUT2D eigenvalue weighted by molar-refractivity contribution is 6.42. The van der Waals surface area contributed by atoms with Gasteiger partial charge in [-0.05, 0) is 60.4 Å². The molecule has 1 aromatic heterocycles. The first-order chi connectivity index (χ1) is 15.4. The highest BCUT2D eigenvalue weighted by Gasteiger charge is 2.74. The van der Waals surface area contributed by atoms with Crippen LogP contribution in [-0.4, -0.2) is 15.9 Å². The van der Waals surface area contributed by atoms with Crippen LogP contribution in [0.3, 0.4) is 0 Å². The molecule has 5 rings (SSSR count). The van der Waals surface area contributed by atoms with Crippen LogP contribution in [0.25, 0.3) is 11.0 Å². The molecule has 33 heavy (non-hydrogen) atoms. The predicted octanol–water partition coefficient (Wildman–Crippen LogP) is 7.30. The van der Waals surface area contributed by atoms with E-state index in [1.54, 1.807) is 12.1 Å². The van der Waals surface area contributed by atoms with E-state index in [9.17, 15) is 4.79 Å². The number of aryl methyl sites for hydroxylation is 1. The third kappa shape index (κ3) is 2.86. The molecule has 2 aliphatic rings. The van der Waals surface area contributed by atoms with Crippen LogP contribution >= 0.6 is 23.2 Å². The third-order valence-corrected chi connectivity index (χ3v) is 9.14. The van der Waals surface area contributed by atoms with Gasteiger partial charge in [0.1, 0.15) is 11.2 Å². The molecule has 1 saturated carbocycles. The molecule has 0 saturated heterocycles. The number of carbonyl (C=O) groups excluding carboxylic acids is 1. The van der Waals surface area contributed by atoms with E-state index in [4.69, 9.17) is 37.9 Å². The first-order valence-corrected chi connectivity index (χ1v) is 12.2. The van der Waals surface area contributed by atoms with Gasteiger partial charge >= 0.3 is 5.97 Å².